The second kappa shape index (κ2) is 113. The molecule has 19 nitrogen and oxygen atoms in total. The Morgan fingerprint density at radius 3 is 0.731 bits per heavy atom. The van der Waals surface area contributed by atoms with Crippen molar-refractivity contribution in [3.8, 4) is 24.4 Å². The zero-order valence-electron chi connectivity index (χ0n) is 12.6. The average molecular weight is 400 g/mol. The number of hydrogen-bond acceptors (Lipinski definition) is 15. The summed E-state index contributed by atoms with van der Waals surface area (Å²) in [6.07, 6.45) is 6.12. The van der Waals surface area contributed by atoms with Crippen molar-refractivity contribution in [1.82, 2.24) is 0 Å². The van der Waals surface area contributed by atoms with E-state index in [2.05, 4.69) is 29.2 Å². The van der Waals surface area contributed by atoms with Crippen molar-refractivity contribution in [3.05, 3.63) is 0 Å². The van der Waals surface area contributed by atoms with E-state index in [1.165, 1.54) is 24.4 Å². The molecule has 22 heteroatoms. The first-order valence-electron chi connectivity index (χ1n) is 3.35. The normalized spacial score (nSPS) is 3.62. The summed E-state index contributed by atoms with van der Waals surface area (Å²) in [6.45, 7) is 0. The van der Waals surface area contributed by atoms with Crippen molar-refractivity contribution in [2.45, 2.75) is 0 Å². The van der Waals surface area contributed by atoms with E-state index in [-0.39, 0.29) is 63.8 Å². The van der Waals surface area contributed by atoms with Crippen molar-refractivity contribution < 1.29 is 119 Å². The molecule has 0 aromatic carbocycles. The van der Waals surface area contributed by atoms with Gasteiger partial charge in [-0.05, 0) is 0 Å². The van der Waals surface area contributed by atoms with Crippen molar-refractivity contribution in [2.24, 2.45) is 0 Å². The Hall–Kier alpha value is -2.19. The molecule has 0 aliphatic rings. The Morgan fingerprint density at radius 1 is 0.577 bits per heavy atom. The van der Waals surface area contributed by atoms with Gasteiger partial charge in [-0.25, -0.2) is 0 Å². The Morgan fingerprint density at radius 2 is 0.692 bits per heavy atom. The first-order chi connectivity index (χ1) is 9.66. The molecule has 0 saturated heterocycles. The van der Waals surface area contributed by atoms with E-state index in [1.807, 2.05) is 0 Å². The molecular formula is C4H19B2LiO19. The van der Waals surface area contributed by atoms with Gasteiger partial charge in [0.1, 0.15) is 0 Å². The van der Waals surface area contributed by atoms with Gasteiger partial charge in [0, 0.05) is 2.85 Å². The first kappa shape index (κ1) is 65.0. The van der Waals surface area contributed by atoms with Crippen LogP contribution in [0.4, 0.5) is 0 Å². The Kier molecular flexibility index (Phi) is 282. The minimum Gasteiger partial charge on any atom is -0.870 e. The van der Waals surface area contributed by atoms with Gasteiger partial charge in [0.2, 0.25) is 24.4 Å². The van der Waals surface area contributed by atoms with Crippen LogP contribution < -0.4 is 18.9 Å². The summed E-state index contributed by atoms with van der Waals surface area (Å²) < 4.78 is 17.4. The van der Waals surface area contributed by atoms with Crippen LogP contribution in [0.1, 0.15) is 2.85 Å². The molecule has 0 bridgehead atoms. The molecule has 15 N–H and O–H groups in total. The van der Waals surface area contributed by atoms with E-state index < -0.39 is 0 Å². The van der Waals surface area contributed by atoms with E-state index in [0.717, 1.165) is 0 Å². The van der Waals surface area contributed by atoms with Crippen LogP contribution in [0.15, 0.2) is 0 Å². The van der Waals surface area contributed by atoms with E-state index >= 15 is 0 Å². The first-order valence-corrected chi connectivity index (χ1v) is 3.35. The maximum Gasteiger partial charge on any atom is 1.00 e. The minimum atomic E-state index is -0.0694. The molecule has 156 valence electrons. The molecule has 0 aromatic rings. The molecule has 0 aromatic heterocycles. The molecule has 0 amide bonds. The smallest absolute Gasteiger partial charge is 0.870 e. The Balaban J connectivity index is -0.0000000113. The van der Waals surface area contributed by atoms with Gasteiger partial charge in [-0.15, -0.1) is 0 Å². The number of rotatable bonds is 2. The van der Waals surface area contributed by atoms with Gasteiger partial charge in [-0.2, -0.15) is 21.0 Å². The van der Waals surface area contributed by atoms with Crippen LogP contribution in [0.3, 0.4) is 0 Å². The number of hydrogen-bond donors (Lipinski definition) is 6. The minimum absolute atomic E-state index is 0. The quantitative estimate of drug-likeness (QED) is 0.108. The maximum atomic E-state index is 8.70. The van der Waals surface area contributed by atoms with Crippen molar-refractivity contribution in [1.29, 1.82) is 0 Å². The largest absolute Gasteiger partial charge is 1.00 e. The third-order valence-electron chi connectivity index (χ3n) is 0.352. The zero-order valence-corrected chi connectivity index (χ0v) is 12.6. The predicted molar refractivity (Wildman–Crippen MR) is 71.3 cm³/mol. The molecule has 0 unspecified atom stereocenters. The molecule has 0 aliphatic carbocycles. The molecular weight excluding hydrogens is 381 g/mol. The predicted octanol–water partition coefficient (Wildman–Crippen LogP) is -7.33. The van der Waals surface area contributed by atoms with Gasteiger partial charge in [-0.3, -0.25) is 19.6 Å². The van der Waals surface area contributed by atoms with E-state index in [4.69, 9.17) is 41.0 Å². The molecule has 0 saturated carbocycles. The topological polar surface area (TPSA) is 367 Å². The Bertz CT molecular complexity index is 258. The molecule has 0 spiro atoms. The molecule has 0 aliphatic heterocycles. The molecule has 26 heavy (non-hydrogen) atoms. The monoisotopic (exact) mass is 400 g/mol. The Labute approximate surface area is 159 Å². The summed E-state index contributed by atoms with van der Waals surface area (Å²) in [6, 6.07) is 0. The summed E-state index contributed by atoms with van der Waals surface area (Å²) in [7, 11) is -0.139. The third kappa shape index (κ3) is 280. The van der Waals surface area contributed by atoms with Crippen LogP contribution in [0.2, 0.25) is 0 Å². The molecule has 0 radical (unpaired) electrons. The van der Waals surface area contributed by atoms with Gasteiger partial charge in [-0.1, -0.05) is 0 Å². The molecule has 0 rings (SSSR count). The zero-order chi connectivity index (χ0) is 16.5. The van der Waals surface area contributed by atoms with Crippen LogP contribution in [-0.4, -0.2) is 73.6 Å². The summed E-state index contributed by atoms with van der Waals surface area (Å²) in [5.41, 5.74) is 0. The summed E-state index contributed by atoms with van der Waals surface area (Å²) in [4.78, 5) is 18.3. The van der Waals surface area contributed by atoms with E-state index in [1.54, 1.807) is 0 Å². The molecule has 0 heterocycles. The van der Waals surface area contributed by atoms with E-state index in [9.17, 15) is 0 Å². The maximum absolute atomic E-state index is 8.70. The summed E-state index contributed by atoms with van der Waals surface area (Å²) in [5, 5.41) is 43.3. The second-order valence-corrected chi connectivity index (χ2v) is 1.18. The molecule has 0 fully saturated rings. The second-order valence-electron chi connectivity index (χ2n) is 1.18. The van der Waals surface area contributed by atoms with Crippen molar-refractivity contribution >= 4 is 14.7 Å². The average Bonchev–Trinajstić information content (AvgIpc) is 2.51. The van der Waals surface area contributed by atoms with E-state index in [0.29, 0.717) is 0 Å². The molecule has 0 atom stereocenters. The van der Waals surface area contributed by atoms with Gasteiger partial charge in [0.05, 0.1) is 0 Å². The van der Waals surface area contributed by atoms with Gasteiger partial charge in [0.15, 0.2) is 0 Å². The third-order valence-corrected chi connectivity index (χ3v) is 0.352. The van der Waals surface area contributed by atoms with Crippen LogP contribution in [-0.2, 0) is 38.6 Å². The van der Waals surface area contributed by atoms with Gasteiger partial charge < -0.3 is 27.4 Å². The van der Waals surface area contributed by atoms with Crippen LogP contribution in [0.25, 0.3) is 0 Å². The summed E-state index contributed by atoms with van der Waals surface area (Å²) >= 11 is 0. The van der Waals surface area contributed by atoms with Crippen molar-refractivity contribution in [3.63, 3.8) is 0 Å². The van der Waals surface area contributed by atoms with Crippen LogP contribution >= 0.6 is 0 Å². The SMILES string of the molecule is O.O.O.O.O=BOO.O=BOO.OOC#COO.OOC#COO.[HH].[HH].[Li+].[OH-]. The fourth-order valence-corrected chi connectivity index (χ4v) is 0.0745. The van der Waals surface area contributed by atoms with Gasteiger partial charge >= 0.3 is 63.1 Å². The van der Waals surface area contributed by atoms with Crippen LogP contribution in [0, 0.1) is 24.4 Å². The fourth-order valence-electron chi connectivity index (χ4n) is 0.0745. The fraction of sp³-hybridized carbons (Fsp3) is 0. The summed E-state index contributed by atoms with van der Waals surface area (Å²) in [5.74, 6) is 0. The van der Waals surface area contributed by atoms with Crippen LogP contribution in [0.5, 0.6) is 0 Å². The van der Waals surface area contributed by atoms with Crippen molar-refractivity contribution in [2.75, 3.05) is 0 Å². The standard InChI is InChI=1S/2C2H2O4.2BHO3.Li.5H2O.2H2/c2*3-5-1-2-6-4;2*2-1-4-3;;;;;;;;/h2*3-4H;2*3H;;5*1H2;2*1H/q;;;;+1;;;;;;;/p-1. The van der Waals surface area contributed by atoms with Gasteiger partial charge in [0.25, 0.3) is 0 Å².